The van der Waals surface area contributed by atoms with E-state index in [1.165, 1.54) is 19.3 Å². The fourth-order valence-corrected chi connectivity index (χ4v) is 2.02. The second kappa shape index (κ2) is 6.02. The van der Waals surface area contributed by atoms with Crippen molar-refractivity contribution in [1.29, 1.82) is 0 Å². The molecule has 0 aromatic rings. The molecule has 1 saturated carbocycles. The average molecular weight is 199 g/mol. The van der Waals surface area contributed by atoms with E-state index in [4.69, 9.17) is 4.74 Å². The average Bonchev–Trinajstić information content (AvgIpc) is 2.19. The summed E-state index contributed by atoms with van der Waals surface area (Å²) >= 11 is 0. The highest BCUT2D eigenvalue weighted by Gasteiger charge is 2.21. The molecule has 14 heavy (non-hydrogen) atoms. The van der Waals surface area contributed by atoms with E-state index in [1.54, 1.807) is 7.11 Å². The molecule has 1 rings (SSSR count). The molecular weight excluding hydrogens is 178 g/mol. The van der Waals surface area contributed by atoms with E-state index in [2.05, 4.69) is 5.32 Å². The van der Waals surface area contributed by atoms with Crippen LogP contribution in [0.4, 0.5) is 0 Å². The molecule has 3 heteroatoms. The molecule has 0 spiro atoms. The maximum Gasteiger partial charge on any atom is 0.223 e. The summed E-state index contributed by atoms with van der Waals surface area (Å²) in [5.74, 6) is 0.470. The maximum atomic E-state index is 11.7. The lowest BCUT2D eigenvalue weighted by Crippen LogP contribution is -2.40. The Balaban J connectivity index is 2.25. The highest BCUT2D eigenvalue weighted by molar-refractivity contribution is 5.78. The van der Waals surface area contributed by atoms with Gasteiger partial charge < -0.3 is 10.1 Å². The van der Waals surface area contributed by atoms with Crippen molar-refractivity contribution in [3.8, 4) is 0 Å². The molecule has 0 heterocycles. The van der Waals surface area contributed by atoms with Crippen LogP contribution < -0.4 is 5.32 Å². The van der Waals surface area contributed by atoms with Crippen LogP contribution in [0.25, 0.3) is 0 Å². The van der Waals surface area contributed by atoms with Gasteiger partial charge in [0.25, 0.3) is 0 Å². The lowest BCUT2D eigenvalue weighted by atomic mass is 9.88. The third-order valence-electron chi connectivity index (χ3n) is 2.78. The third kappa shape index (κ3) is 3.66. The van der Waals surface area contributed by atoms with Gasteiger partial charge in [0.2, 0.25) is 5.91 Å². The van der Waals surface area contributed by atoms with E-state index in [0.717, 1.165) is 12.8 Å². The van der Waals surface area contributed by atoms with Crippen molar-refractivity contribution >= 4 is 5.91 Å². The Hall–Kier alpha value is -0.570. The molecule has 82 valence electrons. The zero-order chi connectivity index (χ0) is 10.4. The van der Waals surface area contributed by atoms with E-state index in [9.17, 15) is 4.79 Å². The lowest BCUT2D eigenvalue weighted by Gasteiger charge is -2.22. The molecule has 1 amide bonds. The largest absolute Gasteiger partial charge is 0.383 e. The molecule has 3 nitrogen and oxygen atoms in total. The second-order valence-electron chi connectivity index (χ2n) is 4.20. The first-order valence-electron chi connectivity index (χ1n) is 5.53. The Kier molecular flexibility index (Phi) is 4.94. The van der Waals surface area contributed by atoms with Crippen LogP contribution in [-0.4, -0.2) is 25.7 Å². The van der Waals surface area contributed by atoms with Crippen molar-refractivity contribution in [2.75, 3.05) is 13.7 Å². The van der Waals surface area contributed by atoms with Gasteiger partial charge in [-0.1, -0.05) is 19.3 Å². The van der Waals surface area contributed by atoms with Gasteiger partial charge in [0.1, 0.15) is 0 Å². The number of rotatable bonds is 4. The molecule has 1 N–H and O–H groups in total. The van der Waals surface area contributed by atoms with Crippen molar-refractivity contribution < 1.29 is 9.53 Å². The van der Waals surface area contributed by atoms with Crippen molar-refractivity contribution in [3.05, 3.63) is 0 Å². The van der Waals surface area contributed by atoms with Gasteiger partial charge in [-0.05, 0) is 19.8 Å². The predicted molar refractivity (Wildman–Crippen MR) is 56.1 cm³/mol. The van der Waals surface area contributed by atoms with Crippen LogP contribution in [0.5, 0.6) is 0 Å². The maximum absolute atomic E-state index is 11.7. The number of ether oxygens (including phenoxy) is 1. The Bertz CT molecular complexity index is 176. The highest BCUT2D eigenvalue weighted by atomic mass is 16.5. The molecule has 0 aliphatic heterocycles. The van der Waals surface area contributed by atoms with E-state index >= 15 is 0 Å². The number of nitrogens with one attached hydrogen (secondary N) is 1. The first-order valence-corrected chi connectivity index (χ1v) is 5.53. The van der Waals surface area contributed by atoms with Crippen LogP contribution in [-0.2, 0) is 9.53 Å². The topological polar surface area (TPSA) is 38.3 Å². The van der Waals surface area contributed by atoms with Crippen molar-refractivity contribution in [1.82, 2.24) is 5.32 Å². The van der Waals surface area contributed by atoms with E-state index in [0.29, 0.717) is 6.61 Å². The van der Waals surface area contributed by atoms with Crippen molar-refractivity contribution in [2.24, 2.45) is 5.92 Å². The van der Waals surface area contributed by atoms with Gasteiger partial charge in [-0.3, -0.25) is 4.79 Å². The summed E-state index contributed by atoms with van der Waals surface area (Å²) in [6.45, 7) is 2.57. The van der Waals surface area contributed by atoms with Crippen molar-refractivity contribution in [3.63, 3.8) is 0 Å². The van der Waals surface area contributed by atoms with Crippen LogP contribution >= 0.6 is 0 Å². The number of amides is 1. The van der Waals surface area contributed by atoms with E-state index in [1.807, 2.05) is 6.92 Å². The van der Waals surface area contributed by atoms with E-state index in [-0.39, 0.29) is 17.9 Å². The second-order valence-corrected chi connectivity index (χ2v) is 4.20. The lowest BCUT2D eigenvalue weighted by molar-refractivity contribution is -0.126. The number of hydrogen-bond acceptors (Lipinski definition) is 2. The Morgan fingerprint density at radius 2 is 2.07 bits per heavy atom. The highest BCUT2D eigenvalue weighted by Crippen LogP contribution is 2.23. The monoisotopic (exact) mass is 199 g/mol. The molecule has 0 aromatic carbocycles. The van der Waals surface area contributed by atoms with Crippen LogP contribution in [0.1, 0.15) is 39.0 Å². The number of methoxy groups -OCH3 is 1. The minimum absolute atomic E-state index is 0.134. The predicted octanol–water partition coefficient (Wildman–Crippen LogP) is 1.72. The van der Waals surface area contributed by atoms with Gasteiger partial charge in [-0.15, -0.1) is 0 Å². The summed E-state index contributed by atoms with van der Waals surface area (Å²) < 4.78 is 4.98. The number of carbonyl (C=O) groups excluding carboxylic acids is 1. The normalized spacial score (nSPS) is 20.4. The zero-order valence-corrected chi connectivity index (χ0v) is 9.21. The molecular formula is C11H21NO2. The molecule has 0 radical (unpaired) electrons. The van der Waals surface area contributed by atoms with Gasteiger partial charge in [0.05, 0.1) is 6.61 Å². The van der Waals surface area contributed by atoms with Crippen LogP contribution in [0, 0.1) is 5.92 Å². The Morgan fingerprint density at radius 1 is 1.43 bits per heavy atom. The molecule has 1 unspecified atom stereocenters. The van der Waals surface area contributed by atoms with E-state index < -0.39 is 0 Å². The molecule has 1 aliphatic rings. The van der Waals surface area contributed by atoms with Crippen LogP contribution in [0.15, 0.2) is 0 Å². The molecule has 0 aromatic heterocycles. The van der Waals surface area contributed by atoms with Crippen LogP contribution in [0.3, 0.4) is 0 Å². The third-order valence-corrected chi connectivity index (χ3v) is 2.78. The van der Waals surface area contributed by atoms with Gasteiger partial charge in [-0.25, -0.2) is 0 Å². The molecule has 1 fully saturated rings. The Labute approximate surface area is 86.2 Å². The minimum Gasteiger partial charge on any atom is -0.383 e. The summed E-state index contributed by atoms with van der Waals surface area (Å²) in [6, 6.07) is 0.134. The summed E-state index contributed by atoms with van der Waals surface area (Å²) in [5.41, 5.74) is 0. The summed E-state index contributed by atoms with van der Waals surface area (Å²) in [6.07, 6.45) is 5.82. The van der Waals surface area contributed by atoms with Crippen LogP contribution in [0.2, 0.25) is 0 Å². The molecule has 1 aliphatic carbocycles. The van der Waals surface area contributed by atoms with Gasteiger partial charge in [0.15, 0.2) is 0 Å². The van der Waals surface area contributed by atoms with Gasteiger partial charge in [-0.2, -0.15) is 0 Å². The molecule has 0 bridgehead atoms. The van der Waals surface area contributed by atoms with Crippen molar-refractivity contribution in [2.45, 2.75) is 45.1 Å². The van der Waals surface area contributed by atoms with Gasteiger partial charge >= 0.3 is 0 Å². The molecule has 1 atom stereocenters. The summed E-state index contributed by atoms with van der Waals surface area (Å²) in [7, 11) is 1.66. The standard InChI is InChI=1S/C11H21NO2/c1-9(8-14-2)12-11(13)10-6-4-3-5-7-10/h9-10H,3-8H2,1-2H3,(H,12,13). The number of carbonyl (C=O) groups is 1. The fraction of sp³-hybridized carbons (Fsp3) is 0.909. The quantitative estimate of drug-likeness (QED) is 0.748. The summed E-state index contributed by atoms with van der Waals surface area (Å²) in [5, 5.41) is 2.99. The molecule has 0 saturated heterocycles. The summed E-state index contributed by atoms with van der Waals surface area (Å²) in [4.78, 5) is 11.7. The Morgan fingerprint density at radius 3 is 2.64 bits per heavy atom. The first kappa shape index (κ1) is 11.5. The smallest absolute Gasteiger partial charge is 0.223 e. The SMILES string of the molecule is COCC(C)NC(=O)C1CCCCC1. The zero-order valence-electron chi connectivity index (χ0n) is 9.21. The van der Waals surface area contributed by atoms with Gasteiger partial charge in [0, 0.05) is 19.1 Å². The fourth-order valence-electron chi connectivity index (χ4n) is 2.02. The first-order chi connectivity index (χ1) is 6.74. The number of hydrogen-bond donors (Lipinski definition) is 1. The minimum atomic E-state index is 0.134.